The molecular weight excluding hydrogens is 468 g/mol. The van der Waals surface area contributed by atoms with Crippen LogP contribution in [0.2, 0.25) is 0 Å². The van der Waals surface area contributed by atoms with Crippen LogP contribution in [0.5, 0.6) is 5.88 Å². The van der Waals surface area contributed by atoms with Gasteiger partial charge in [0.1, 0.15) is 12.3 Å². The maximum atomic E-state index is 11.4. The van der Waals surface area contributed by atoms with Crippen LogP contribution in [0, 0.1) is 0 Å². The number of benzene rings is 2. The highest BCUT2D eigenvalue weighted by molar-refractivity contribution is 7.89. The van der Waals surface area contributed by atoms with Gasteiger partial charge in [-0.05, 0) is 36.4 Å². The van der Waals surface area contributed by atoms with Gasteiger partial charge in [0.05, 0.1) is 16.8 Å². The lowest BCUT2D eigenvalue weighted by Crippen LogP contribution is -2.47. The summed E-state index contributed by atoms with van der Waals surface area (Å²) in [6, 6.07) is 18.1. The number of sulfonamides is 1. The highest BCUT2D eigenvalue weighted by atomic mass is 32.2. The third-order valence-electron chi connectivity index (χ3n) is 5.64. The Kier molecular flexibility index (Phi) is 6.29. The average Bonchev–Trinajstić information content (AvgIpc) is 3.37. The van der Waals surface area contributed by atoms with E-state index in [9.17, 15) is 8.42 Å². The number of nitrogens with two attached hydrogens (primary N) is 1. The highest BCUT2D eigenvalue weighted by Gasteiger charge is 2.19. The van der Waals surface area contributed by atoms with Crippen LogP contribution >= 0.6 is 0 Å². The monoisotopic (exact) mass is 492 g/mol. The Hall–Kier alpha value is -4.03. The van der Waals surface area contributed by atoms with Gasteiger partial charge in [-0.25, -0.2) is 23.2 Å². The van der Waals surface area contributed by atoms with Gasteiger partial charge in [0.15, 0.2) is 0 Å². The Morgan fingerprint density at radius 3 is 2.31 bits per heavy atom. The Labute approximate surface area is 202 Å². The molecule has 1 fully saturated rings. The summed E-state index contributed by atoms with van der Waals surface area (Å²) >= 11 is 0. The second-order valence-corrected chi connectivity index (χ2v) is 9.55. The smallest absolute Gasteiger partial charge is 0.238 e. The molecule has 0 bridgehead atoms. The second kappa shape index (κ2) is 9.68. The molecule has 11 nitrogen and oxygen atoms in total. The van der Waals surface area contributed by atoms with Gasteiger partial charge in [0.2, 0.25) is 21.9 Å². The number of hydrogen-bond donors (Lipinski definition) is 1. The maximum Gasteiger partial charge on any atom is 0.238 e. The van der Waals surface area contributed by atoms with E-state index in [1.165, 1.54) is 22.5 Å². The Morgan fingerprint density at radius 1 is 0.886 bits per heavy atom. The number of primary sulfonamides is 1. The molecule has 2 aromatic heterocycles. The van der Waals surface area contributed by atoms with E-state index in [-0.39, 0.29) is 11.5 Å². The van der Waals surface area contributed by atoms with Crippen molar-refractivity contribution in [1.82, 2.24) is 25.0 Å². The molecule has 0 radical (unpaired) electrons. The molecule has 5 rings (SSSR count). The Morgan fingerprint density at radius 2 is 1.60 bits per heavy atom. The molecule has 0 saturated carbocycles. The predicted octanol–water partition coefficient (Wildman–Crippen LogP) is 1.61. The molecule has 1 aliphatic heterocycles. The molecule has 1 aliphatic rings. The number of ether oxygens (including phenoxy) is 1. The van der Waals surface area contributed by atoms with E-state index < -0.39 is 10.0 Å². The van der Waals surface area contributed by atoms with E-state index in [0.717, 1.165) is 26.2 Å². The summed E-state index contributed by atoms with van der Waals surface area (Å²) in [5, 5.41) is 13.3. The summed E-state index contributed by atoms with van der Waals surface area (Å²) in [5.41, 5.74) is 2.46. The Balaban J connectivity index is 1.18. The molecule has 180 valence electrons. The van der Waals surface area contributed by atoms with Crippen LogP contribution in [0.25, 0.3) is 5.69 Å². The van der Waals surface area contributed by atoms with E-state index in [2.05, 4.69) is 42.2 Å². The van der Waals surface area contributed by atoms with E-state index in [1.807, 2.05) is 18.2 Å². The lowest BCUT2D eigenvalue weighted by molar-refractivity contribution is 0.288. The van der Waals surface area contributed by atoms with Gasteiger partial charge >= 0.3 is 0 Å². The number of aromatic nitrogens is 5. The summed E-state index contributed by atoms with van der Waals surface area (Å²) in [5.74, 6) is 1.08. The van der Waals surface area contributed by atoms with E-state index >= 15 is 0 Å². The molecule has 1 saturated heterocycles. The topological polar surface area (TPSA) is 132 Å². The van der Waals surface area contributed by atoms with Crippen LogP contribution in [0.4, 0.5) is 11.6 Å². The predicted molar refractivity (Wildman–Crippen MR) is 130 cm³/mol. The number of rotatable bonds is 7. The van der Waals surface area contributed by atoms with Crippen molar-refractivity contribution in [2.45, 2.75) is 11.5 Å². The first-order valence-electron chi connectivity index (χ1n) is 11.0. The molecule has 0 spiro atoms. The van der Waals surface area contributed by atoms with E-state index in [1.54, 1.807) is 30.6 Å². The Bertz CT molecular complexity index is 1390. The van der Waals surface area contributed by atoms with Gasteiger partial charge in [0, 0.05) is 44.1 Å². The minimum atomic E-state index is -3.75. The minimum Gasteiger partial charge on any atom is -0.471 e. The fourth-order valence-electron chi connectivity index (χ4n) is 3.80. The molecular formula is C23H24N8O3S. The molecule has 12 heteroatoms. The number of anilines is 2. The SMILES string of the molecule is NS(=O)(=O)c1ccc(-n2cc(COc3ccnc(N4CCN(c5ccccc5)CC4)n3)nn2)cc1. The van der Waals surface area contributed by atoms with Crippen molar-refractivity contribution in [1.29, 1.82) is 0 Å². The lowest BCUT2D eigenvalue weighted by atomic mass is 10.2. The van der Waals surface area contributed by atoms with Crippen LogP contribution < -0.4 is 19.7 Å². The van der Waals surface area contributed by atoms with Crippen LogP contribution in [0.15, 0.2) is 78.0 Å². The first-order valence-corrected chi connectivity index (χ1v) is 12.6. The van der Waals surface area contributed by atoms with Crippen LogP contribution in [-0.2, 0) is 16.6 Å². The lowest BCUT2D eigenvalue weighted by Gasteiger charge is -2.36. The molecule has 2 aromatic carbocycles. The van der Waals surface area contributed by atoms with Crippen molar-refractivity contribution in [2.75, 3.05) is 36.0 Å². The molecule has 2 N–H and O–H groups in total. The van der Waals surface area contributed by atoms with Crippen molar-refractivity contribution < 1.29 is 13.2 Å². The first kappa shape index (κ1) is 22.7. The number of piperazine rings is 1. The summed E-state index contributed by atoms with van der Waals surface area (Å²) in [7, 11) is -3.75. The van der Waals surface area contributed by atoms with Crippen molar-refractivity contribution in [3.63, 3.8) is 0 Å². The largest absolute Gasteiger partial charge is 0.471 e. The van der Waals surface area contributed by atoms with Crippen LogP contribution in [0.3, 0.4) is 0 Å². The zero-order valence-corrected chi connectivity index (χ0v) is 19.6. The zero-order chi connectivity index (χ0) is 24.3. The molecule has 4 aromatic rings. The van der Waals surface area contributed by atoms with Crippen LogP contribution in [0.1, 0.15) is 5.69 Å². The van der Waals surface area contributed by atoms with Gasteiger partial charge in [-0.2, -0.15) is 4.98 Å². The van der Waals surface area contributed by atoms with Crippen LogP contribution in [-0.4, -0.2) is 59.6 Å². The number of nitrogens with zero attached hydrogens (tertiary/aromatic N) is 7. The normalized spacial score (nSPS) is 14.2. The minimum absolute atomic E-state index is 0.0333. The van der Waals surface area contributed by atoms with Gasteiger partial charge in [0.25, 0.3) is 0 Å². The molecule has 35 heavy (non-hydrogen) atoms. The third kappa shape index (κ3) is 5.39. The molecule has 3 heterocycles. The van der Waals surface area contributed by atoms with Gasteiger partial charge < -0.3 is 14.5 Å². The quantitative estimate of drug-likeness (QED) is 0.408. The second-order valence-electron chi connectivity index (χ2n) is 7.99. The zero-order valence-electron chi connectivity index (χ0n) is 18.8. The van der Waals surface area contributed by atoms with E-state index in [4.69, 9.17) is 9.88 Å². The maximum absolute atomic E-state index is 11.4. The van der Waals surface area contributed by atoms with Gasteiger partial charge in [-0.15, -0.1) is 5.10 Å². The standard InChI is InChI=1S/C23H24N8O3S/c24-35(32,33)21-8-6-20(7-9-21)31-16-18(27-28-31)17-34-22-10-11-25-23(26-22)30-14-12-29(13-15-30)19-4-2-1-3-5-19/h1-11,16H,12-15,17H2,(H2,24,32,33). The number of hydrogen-bond acceptors (Lipinski definition) is 9. The molecule has 0 amide bonds. The summed E-state index contributed by atoms with van der Waals surface area (Å²) in [4.78, 5) is 13.5. The fourth-order valence-corrected chi connectivity index (χ4v) is 4.31. The number of para-hydroxylation sites is 1. The van der Waals surface area contributed by atoms with E-state index in [0.29, 0.717) is 23.2 Å². The third-order valence-corrected chi connectivity index (χ3v) is 6.57. The molecule has 0 atom stereocenters. The average molecular weight is 493 g/mol. The van der Waals surface area contributed by atoms with Crippen molar-refractivity contribution >= 4 is 21.7 Å². The molecule has 0 unspecified atom stereocenters. The van der Waals surface area contributed by atoms with Crippen molar-refractivity contribution in [2.24, 2.45) is 5.14 Å². The highest BCUT2D eigenvalue weighted by Crippen LogP contribution is 2.20. The summed E-state index contributed by atoms with van der Waals surface area (Å²) in [6.45, 7) is 3.58. The van der Waals surface area contributed by atoms with Gasteiger partial charge in [-0.3, -0.25) is 0 Å². The van der Waals surface area contributed by atoms with Gasteiger partial charge in [-0.1, -0.05) is 23.4 Å². The fraction of sp³-hybridized carbons (Fsp3) is 0.217. The first-order chi connectivity index (χ1) is 17.0. The van der Waals surface area contributed by atoms with Crippen molar-refractivity contribution in [3.8, 4) is 11.6 Å². The van der Waals surface area contributed by atoms with Crippen molar-refractivity contribution in [3.05, 3.63) is 78.8 Å². The molecule has 0 aliphatic carbocycles. The summed E-state index contributed by atoms with van der Waals surface area (Å²) in [6.07, 6.45) is 3.39. The summed E-state index contributed by atoms with van der Waals surface area (Å²) < 4.78 is 30.2.